The highest BCUT2D eigenvalue weighted by molar-refractivity contribution is 5.99. The molecular formula is C28H41N3O7. The number of hydrogen-bond donors (Lipinski definition) is 1. The summed E-state index contributed by atoms with van der Waals surface area (Å²) in [4.78, 5) is 47.7. The van der Waals surface area contributed by atoms with Gasteiger partial charge in [-0.25, -0.2) is 0 Å². The first-order valence-electron chi connectivity index (χ1n) is 14.0. The van der Waals surface area contributed by atoms with E-state index in [1.54, 1.807) is 4.90 Å². The summed E-state index contributed by atoms with van der Waals surface area (Å²) in [5, 5.41) is 10.4. The summed E-state index contributed by atoms with van der Waals surface area (Å²) >= 11 is 0. The number of nitrogens with zero attached hydrogens (tertiary/aromatic N) is 3. The van der Waals surface area contributed by atoms with Crippen LogP contribution < -0.4 is 0 Å². The Hall–Kier alpha value is -2.27. The Morgan fingerprint density at radius 1 is 1.03 bits per heavy atom. The molecule has 0 aromatic rings. The van der Waals surface area contributed by atoms with E-state index in [1.807, 2.05) is 45.1 Å². The number of morpholine rings is 1. The van der Waals surface area contributed by atoms with Gasteiger partial charge in [0.15, 0.2) is 0 Å². The van der Waals surface area contributed by atoms with Gasteiger partial charge in [0, 0.05) is 32.7 Å². The van der Waals surface area contributed by atoms with Gasteiger partial charge in [-0.15, -0.1) is 0 Å². The highest BCUT2D eigenvalue weighted by atomic mass is 16.6. The Labute approximate surface area is 224 Å². The molecule has 0 aromatic carbocycles. The number of aliphatic hydroxyl groups excluding tert-OH is 1. The van der Waals surface area contributed by atoms with Crippen LogP contribution in [0.25, 0.3) is 0 Å². The third-order valence-corrected chi connectivity index (χ3v) is 8.88. The number of carbonyl (C=O) groups is 3. The third-order valence-electron chi connectivity index (χ3n) is 8.88. The van der Waals surface area contributed by atoms with E-state index in [2.05, 4.69) is 4.90 Å². The van der Waals surface area contributed by atoms with E-state index in [0.29, 0.717) is 39.3 Å². The molecule has 210 valence electrons. The average molecular weight is 532 g/mol. The molecule has 0 aliphatic carbocycles. The van der Waals surface area contributed by atoms with E-state index in [-0.39, 0.29) is 30.9 Å². The molecule has 0 radical (unpaired) electrons. The van der Waals surface area contributed by atoms with E-state index >= 15 is 0 Å². The Morgan fingerprint density at radius 2 is 1.79 bits per heavy atom. The number of rotatable bonds is 6. The van der Waals surface area contributed by atoms with E-state index in [4.69, 9.17) is 14.2 Å². The second-order valence-corrected chi connectivity index (χ2v) is 11.6. The Kier molecular flexibility index (Phi) is 7.70. The molecule has 0 aromatic heterocycles. The van der Waals surface area contributed by atoms with Crippen molar-refractivity contribution < 1.29 is 33.7 Å². The number of amides is 2. The molecule has 10 nitrogen and oxygen atoms in total. The highest BCUT2D eigenvalue weighted by Crippen LogP contribution is 2.57. The molecule has 1 unspecified atom stereocenters. The van der Waals surface area contributed by atoms with Crippen LogP contribution in [0.15, 0.2) is 24.3 Å². The van der Waals surface area contributed by atoms with Gasteiger partial charge in [0.2, 0.25) is 11.8 Å². The highest BCUT2D eigenvalue weighted by Gasteiger charge is 2.75. The normalized spacial score (nSPS) is 37.6. The molecule has 5 heterocycles. The van der Waals surface area contributed by atoms with Gasteiger partial charge in [0.25, 0.3) is 0 Å². The van der Waals surface area contributed by atoms with Crippen molar-refractivity contribution in [2.24, 2.45) is 17.8 Å². The topological polar surface area (TPSA) is 109 Å². The fourth-order valence-electron chi connectivity index (χ4n) is 6.89. The summed E-state index contributed by atoms with van der Waals surface area (Å²) in [7, 11) is 0. The summed E-state index contributed by atoms with van der Waals surface area (Å²) in [6.07, 6.45) is 9.01. The van der Waals surface area contributed by atoms with Gasteiger partial charge in [-0.05, 0) is 25.7 Å². The molecule has 10 heteroatoms. The predicted octanol–water partition coefficient (Wildman–Crippen LogP) is 0.598. The molecule has 5 rings (SSSR count). The monoisotopic (exact) mass is 531 g/mol. The first-order valence-corrected chi connectivity index (χ1v) is 14.0. The minimum Gasteiger partial charge on any atom is -0.465 e. The Morgan fingerprint density at radius 3 is 2.50 bits per heavy atom. The van der Waals surface area contributed by atoms with Crippen molar-refractivity contribution in [1.82, 2.24) is 14.7 Å². The number of fused-ring (bicyclic) bond motifs is 2. The lowest BCUT2D eigenvalue weighted by Gasteiger charge is -2.41. The van der Waals surface area contributed by atoms with Crippen LogP contribution in [-0.2, 0) is 28.6 Å². The van der Waals surface area contributed by atoms with Crippen LogP contribution in [0.4, 0.5) is 0 Å². The maximum Gasteiger partial charge on any atom is 0.313 e. The minimum atomic E-state index is -1.34. The van der Waals surface area contributed by atoms with Crippen LogP contribution >= 0.6 is 0 Å². The van der Waals surface area contributed by atoms with Crippen molar-refractivity contribution in [1.29, 1.82) is 0 Å². The smallest absolute Gasteiger partial charge is 0.313 e. The quantitative estimate of drug-likeness (QED) is 0.392. The second-order valence-electron chi connectivity index (χ2n) is 11.6. The van der Waals surface area contributed by atoms with Crippen molar-refractivity contribution in [2.45, 2.75) is 56.9 Å². The van der Waals surface area contributed by atoms with E-state index in [1.165, 1.54) is 4.90 Å². The zero-order chi connectivity index (χ0) is 27.1. The molecule has 0 saturated carbocycles. The first kappa shape index (κ1) is 27.3. The van der Waals surface area contributed by atoms with E-state index < -0.39 is 41.1 Å². The van der Waals surface area contributed by atoms with Gasteiger partial charge in [0.1, 0.15) is 17.6 Å². The van der Waals surface area contributed by atoms with Crippen LogP contribution in [0, 0.1) is 17.8 Å². The van der Waals surface area contributed by atoms with Gasteiger partial charge in [-0.3, -0.25) is 19.3 Å². The van der Waals surface area contributed by atoms with Crippen LogP contribution in [0.5, 0.6) is 0 Å². The van der Waals surface area contributed by atoms with Gasteiger partial charge in [-0.1, -0.05) is 38.2 Å². The number of esters is 1. The molecule has 1 N–H and O–H groups in total. The fourth-order valence-corrected chi connectivity index (χ4v) is 6.89. The maximum absolute atomic E-state index is 14.4. The first-order chi connectivity index (χ1) is 18.2. The Balaban J connectivity index is 1.55. The number of hydrogen-bond acceptors (Lipinski definition) is 8. The molecule has 3 fully saturated rings. The molecule has 1 spiro atoms. The molecule has 5 aliphatic rings. The van der Waals surface area contributed by atoms with Crippen molar-refractivity contribution in [3.63, 3.8) is 0 Å². The number of carbonyl (C=O) groups excluding carboxylic acids is 3. The molecule has 2 amide bonds. The largest absolute Gasteiger partial charge is 0.465 e. The molecule has 5 aliphatic heterocycles. The zero-order valence-corrected chi connectivity index (χ0v) is 22.7. The number of aliphatic hydroxyl groups is 1. The van der Waals surface area contributed by atoms with Crippen LogP contribution in [0.2, 0.25) is 0 Å². The van der Waals surface area contributed by atoms with Crippen LogP contribution in [-0.4, -0.2) is 120 Å². The zero-order valence-electron chi connectivity index (χ0n) is 22.7. The summed E-state index contributed by atoms with van der Waals surface area (Å²) in [5.41, 5.74) is -2.45. The average Bonchev–Trinajstić information content (AvgIpc) is 3.24. The minimum absolute atomic E-state index is 0.111. The standard InChI is InChI=1S/C28H41N3O7/c1-19(2)20(18-32)31-23-25(34)30(12-11-29-13-16-36-17-14-29)10-7-9-28(23)21(24(31)33)22-26(35)37-15-6-4-5-8-27(22,3)38-28/h5,7-9,19-23,32H,4,6,10-18H2,1-3H3/b8-5-/t20-,21-,22-,23?,27+,28-/m0/s1. The lowest BCUT2D eigenvalue weighted by atomic mass is 9.74. The summed E-state index contributed by atoms with van der Waals surface area (Å²) in [6.45, 7) is 10.2. The van der Waals surface area contributed by atoms with Gasteiger partial charge < -0.3 is 29.1 Å². The van der Waals surface area contributed by atoms with E-state index in [0.717, 1.165) is 19.5 Å². The van der Waals surface area contributed by atoms with E-state index in [9.17, 15) is 19.5 Å². The van der Waals surface area contributed by atoms with Crippen molar-refractivity contribution >= 4 is 17.8 Å². The van der Waals surface area contributed by atoms with Crippen molar-refractivity contribution in [3.8, 4) is 0 Å². The second kappa shape index (κ2) is 10.7. The molecule has 0 bridgehead atoms. The molecule has 6 atom stereocenters. The third kappa shape index (κ3) is 4.49. The molecule has 3 saturated heterocycles. The van der Waals surface area contributed by atoms with Gasteiger partial charge in [-0.2, -0.15) is 0 Å². The Bertz CT molecular complexity index is 993. The lowest BCUT2D eigenvalue weighted by molar-refractivity contribution is -0.162. The number of likely N-dealkylation sites (tertiary alicyclic amines) is 1. The number of ether oxygens (including phenoxy) is 3. The lowest BCUT2D eigenvalue weighted by Crippen LogP contribution is -2.60. The predicted molar refractivity (Wildman–Crippen MR) is 138 cm³/mol. The molecular weight excluding hydrogens is 490 g/mol. The van der Waals surface area contributed by atoms with Crippen LogP contribution in [0.3, 0.4) is 0 Å². The maximum atomic E-state index is 14.4. The van der Waals surface area contributed by atoms with Crippen molar-refractivity contribution in [2.75, 3.05) is 59.2 Å². The number of allylic oxidation sites excluding steroid dienone is 1. The SMILES string of the molecule is CC(C)[C@H](CO)N1C(=O)[C@@H]2[C@H]3C(=O)OCCC/C=C\[C@@]3(C)O[C@@]23C=CCN(CCN2CCOCC2)C(=O)C13. The molecule has 38 heavy (non-hydrogen) atoms. The number of cyclic esters (lactones) is 1. The van der Waals surface area contributed by atoms with Gasteiger partial charge >= 0.3 is 5.97 Å². The van der Waals surface area contributed by atoms with Crippen molar-refractivity contribution in [3.05, 3.63) is 24.3 Å². The summed E-state index contributed by atoms with van der Waals surface area (Å²) in [5.74, 6) is -2.98. The van der Waals surface area contributed by atoms with Gasteiger partial charge in [0.05, 0.1) is 44.0 Å². The summed E-state index contributed by atoms with van der Waals surface area (Å²) < 4.78 is 17.9. The fraction of sp³-hybridized carbons (Fsp3) is 0.750. The van der Waals surface area contributed by atoms with Crippen LogP contribution in [0.1, 0.15) is 33.6 Å². The summed E-state index contributed by atoms with van der Waals surface area (Å²) in [6, 6.07) is -1.58.